The van der Waals surface area contributed by atoms with Crippen molar-refractivity contribution in [2.75, 3.05) is 5.32 Å². The highest BCUT2D eigenvalue weighted by atomic mass is 35.5. The van der Waals surface area contributed by atoms with Crippen molar-refractivity contribution < 1.29 is 14.0 Å². The van der Waals surface area contributed by atoms with Gasteiger partial charge in [0.05, 0.1) is 5.56 Å². The predicted octanol–water partition coefficient (Wildman–Crippen LogP) is 5.21. The van der Waals surface area contributed by atoms with E-state index in [1.165, 1.54) is 17.4 Å². The van der Waals surface area contributed by atoms with Crippen molar-refractivity contribution in [2.45, 2.75) is 26.2 Å². The highest BCUT2D eigenvalue weighted by Crippen LogP contribution is 2.38. The van der Waals surface area contributed by atoms with Gasteiger partial charge in [-0.2, -0.15) is 0 Å². The van der Waals surface area contributed by atoms with E-state index in [9.17, 15) is 9.59 Å². The molecule has 2 aromatic heterocycles. The molecule has 29 heavy (non-hydrogen) atoms. The number of furan rings is 1. The van der Waals surface area contributed by atoms with E-state index in [0.717, 1.165) is 40.8 Å². The van der Waals surface area contributed by atoms with Crippen molar-refractivity contribution >= 4 is 45.8 Å². The standard InChI is InChI=1S/C22H19ClN2O3S/c1-12-5-6-13(11-16(12)23)17-9-7-14(28-17)8-10-19(26)25-22-20(21(24)27)15-3-2-4-18(15)29-22/h5-11H,2-4H2,1H3,(H2,24,27)(H,25,26)/b10-8+. The molecular weight excluding hydrogens is 408 g/mol. The van der Waals surface area contributed by atoms with E-state index in [1.807, 2.05) is 31.2 Å². The zero-order valence-corrected chi connectivity index (χ0v) is 17.3. The summed E-state index contributed by atoms with van der Waals surface area (Å²) in [6.07, 6.45) is 5.72. The van der Waals surface area contributed by atoms with Crippen LogP contribution in [0.5, 0.6) is 0 Å². The van der Waals surface area contributed by atoms with E-state index in [0.29, 0.717) is 27.1 Å². The van der Waals surface area contributed by atoms with Crippen LogP contribution in [0.3, 0.4) is 0 Å². The van der Waals surface area contributed by atoms with Gasteiger partial charge >= 0.3 is 0 Å². The monoisotopic (exact) mass is 426 g/mol. The molecule has 0 aliphatic heterocycles. The van der Waals surface area contributed by atoms with Crippen LogP contribution in [0.15, 0.2) is 40.8 Å². The molecule has 1 aromatic carbocycles. The number of primary amides is 1. The zero-order chi connectivity index (χ0) is 20.5. The molecule has 0 atom stereocenters. The first-order valence-corrected chi connectivity index (χ1v) is 10.4. The molecule has 1 aliphatic rings. The third kappa shape index (κ3) is 3.99. The van der Waals surface area contributed by atoms with Crippen LogP contribution in [-0.2, 0) is 17.6 Å². The molecule has 0 unspecified atom stereocenters. The first-order valence-electron chi connectivity index (χ1n) is 9.22. The normalized spacial score (nSPS) is 13.0. The Labute approximate surface area is 177 Å². The molecule has 0 fully saturated rings. The SMILES string of the molecule is Cc1ccc(-c2ccc(/C=C/C(=O)Nc3sc4c(c3C(N)=O)CCC4)o2)cc1Cl. The number of benzene rings is 1. The predicted molar refractivity (Wildman–Crippen MR) is 116 cm³/mol. The van der Waals surface area contributed by atoms with Crippen LogP contribution in [0.4, 0.5) is 5.00 Å². The summed E-state index contributed by atoms with van der Waals surface area (Å²) in [7, 11) is 0. The lowest BCUT2D eigenvalue weighted by Crippen LogP contribution is -2.16. The number of carbonyl (C=O) groups excluding carboxylic acids is 2. The summed E-state index contributed by atoms with van der Waals surface area (Å²) >= 11 is 7.60. The van der Waals surface area contributed by atoms with Crippen molar-refractivity contribution in [3.8, 4) is 11.3 Å². The van der Waals surface area contributed by atoms with Crippen LogP contribution in [-0.4, -0.2) is 11.8 Å². The van der Waals surface area contributed by atoms with Gasteiger partial charge in [-0.1, -0.05) is 23.7 Å². The largest absolute Gasteiger partial charge is 0.457 e. The van der Waals surface area contributed by atoms with Crippen molar-refractivity contribution in [1.29, 1.82) is 0 Å². The molecule has 4 rings (SSSR count). The van der Waals surface area contributed by atoms with Gasteiger partial charge in [-0.25, -0.2) is 0 Å². The van der Waals surface area contributed by atoms with E-state index < -0.39 is 5.91 Å². The summed E-state index contributed by atoms with van der Waals surface area (Å²) in [6.45, 7) is 1.94. The molecular formula is C22H19ClN2O3S. The van der Waals surface area contributed by atoms with Crippen molar-refractivity contribution in [2.24, 2.45) is 5.73 Å². The Hall–Kier alpha value is -2.83. The average Bonchev–Trinajstić information content (AvgIpc) is 3.37. The Morgan fingerprint density at radius 3 is 2.83 bits per heavy atom. The maximum Gasteiger partial charge on any atom is 0.251 e. The third-order valence-electron chi connectivity index (χ3n) is 4.89. The molecule has 3 N–H and O–H groups in total. The summed E-state index contributed by atoms with van der Waals surface area (Å²) in [4.78, 5) is 25.3. The number of hydrogen-bond donors (Lipinski definition) is 2. The Balaban J connectivity index is 1.48. The summed E-state index contributed by atoms with van der Waals surface area (Å²) in [5.74, 6) is 0.355. The van der Waals surface area contributed by atoms with Gasteiger partial charge in [0.25, 0.3) is 5.91 Å². The van der Waals surface area contributed by atoms with E-state index in [-0.39, 0.29) is 5.91 Å². The molecule has 3 aromatic rings. The average molecular weight is 427 g/mol. The number of anilines is 1. The molecule has 1 aliphatic carbocycles. The number of fused-ring (bicyclic) bond motifs is 1. The topological polar surface area (TPSA) is 85.3 Å². The van der Waals surface area contributed by atoms with Gasteiger partial charge in [0.1, 0.15) is 16.5 Å². The number of nitrogens with two attached hydrogens (primary N) is 1. The minimum absolute atomic E-state index is 0.344. The molecule has 0 bridgehead atoms. The number of nitrogens with one attached hydrogen (secondary N) is 1. The van der Waals surface area contributed by atoms with Crippen molar-refractivity contribution in [3.63, 3.8) is 0 Å². The van der Waals surface area contributed by atoms with Crippen molar-refractivity contribution in [1.82, 2.24) is 0 Å². The number of aryl methyl sites for hydroxylation is 2. The number of rotatable bonds is 5. The van der Waals surface area contributed by atoms with Crippen LogP contribution in [0.2, 0.25) is 5.02 Å². The Kier molecular flexibility index (Phi) is 5.30. The maximum atomic E-state index is 12.3. The number of carbonyl (C=O) groups is 2. The lowest BCUT2D eigenvalue weighted by molar-refractivity contribution is -0.111. The highest BCUT2D eigenvalue weighted by molar-refractivity contribution is 7.17. The van der Waals surface area contributed by atoms with Crippen molar-refractivity contribution in [3.05, 3.63) is 68.8 Å². The summed E-state index contributed by atoms with van der Waals surface area (Å²) in [5.41, 5.74) is 8.81. The summed E-state index contributed by atoms with van der Waals surface area (Å²) in [6, 6.07) is 9.31. The number of hydrogen-bond acceptors (Lipinski definition) is 4. The fraction of sp³-hybridized carbons (Fsp3) is 0.182. The molecule has 2 amide bonds. The molecule has 0 saturated carbocycles. The maximum absolute atomic E-state index is 12.3. The Morgan fingerprint density at radius 2 is 2.07 bits per heavy atom. The fourth-order valence-electron chi connectivity index (χ4n) is 3.41. The zero-order valence-electron chi connectivity index (χ0n) is 15.8. The second-order valence-electron chi connectivity index (χ2n) is 6.91. The Morgan fingerprint density at radius 1 is 1.24 bits per heavy atom. The minimum atomic E-state index is -0.504. The third-order valence-corrected chi connectivity index (χ3v) is 6.50. The minimum Gasteiger partial charge on any atom is -0.457 e. The van der Waals surface area contributed by atoms with Crippen LogP contribution >= 0.6 is 22.9 Å². The molecule has 0 spiro atoms. The summed E-state index contributed by atoms with van der Waals surface area (Å²) in [5, 5.41) is 3.97. The molecule has 7 heteroatoms. The fourth-order valence-corrected chi connectivity index (χ4v) is 4.89. The first kappa shape index (κ1) is 19.5. The highest BCUT2D eigenvalue weighted by Gasteiger charge is 2.25. The lowest BCUT2D eigenvalue weighted by atomic mass is 10.1. The van der Waals surface area contributed by atoms with E-state index in [4.69, 9.17) is 21.8 Å². The van der Waals surface area contributed by atoms with Gasteiger partial charge in [0.2, 0.25) is 5.91 Å². The second-order valence-corrected chi connectivity index (χ2v) is 8.43. The van der Waals surface area contributed by atoms with E-state index in [2.05, 4.69) is 5.32 Å². The van der Waals surface area contributed by atoms with Gasteiger partial charge in [0.15, 0.2) is 0 Å². The van der Waals surface area contributed by atoms with Crippen LogP contribution in [0.25, 0.3) is 17.4 Å². The van der Waals surface area contributed by atoms with Gasteiger partial charge < -0.3 is 15.5 Å². The summed E-state index contributed by atoms with van der Waals surface area (Å²) < 4.78 is 5.78. The van der Waals surface area contributed by atoms with Crippen LogP contribution < -0.4 is 11.1 Å². The lowest BCUT2D eigenvalue weighted by Gasteiger charge is -2.03. The Bertz CT molecular complexity index is 1140. The van der Waals surface area contributed by atoms with Crippen LogP contribution in [0.1, 0.15) is 38.5 Å². The van der Waals surface area contributed by atoms with Gasteiger partial charge in [-0.05, 0) is 61.6 Å². The smallest absolute Gasteiger partial charge is 0.251 e. The molecule has 0 radical (unpaired) electrons. The van der Waals surface area contributed by atoms with E-state index in [1.54, 1.807) is 12.1 Å². The second kappa shape index (κ2) is 7.89. The first-order chi connectivity index (χ1) is 13.9. The molecule has 5 nitrogen and oxygen atoms in total. The number of amides is 2. The molecule has 2 heterocycles. The number of thiophene rings is 1. The number of halogens is 1. The van der Waals surface area contributed by atoms with Gasteiger partial charge in [-0.3, -0.25) is 9.59 Å². The van der Waals surface area contributed by atoms with Crippen LogP contribution in [0, 0.1) is 6.92 Å². The molecule has 0 saturated heterocycles. The van der Waals surface area contributed by atoms with Gasteiger partial charge in [-0.15, -0.1) is 11.3 Å². The molecule has 148 valence electrons. The van der Waals surface area contributed by atoms with E-state index >= 15 is 0 Å². The quantitative estimate of drug-likeness (QED) is 0.549. The van der Waals surface area contributed by atoms with Gasteiger partial charge in [0, 0.05) is 21.5 Å².